The lowest BCUT2D eigenvalue weighted by Gasteiger charge is -2.39. The summed E-state index contributed by atoms with van der Waals surface area (Å²) in [7, 11) is 1.31. The topological polar surface area (TPSA) is 88.2 Å². The van der Waals surface area contributed by atoms with Crippen molar-refractivity contribution in [3.8, 4) is 0 Å². The van der Waals surface area contributed by atoms with Crippen molar-refractivity contribution in [2.24, 2.45) is 11.3 Å². The molecule has 8 nitrogen and oxygen atoms in total. The number of hydrogen-bond donors (Lipinski definition) is 1. The number of esters is 1. The van der Waals surface area contributed by atoms with Gasteiger partial charge in [0.25, 0.3) is 0 Å². The summed E-state index contributed by atoms with van der Waals surface area (Å²) >= 11 is 0. The van der Waals surface area contributed by atoms with Crippen LogP contribution in [0.4, 0.5) is 4.79 Å². The normalized spacial score (nSPS) is 20.3. The minimum atomic E-state index is -0.848. The van der Waals surface area contributed by atoms with Gasteiger partial charge in [0, 0.05) is 32.6 Å². The minimum absolute atomic E-state index is 0.0420. The van der Waals surface area contributed by atoms with Gasteiger partial charge in [-0.15, -0.1) is 0 Å². The van der Waals surface area contributed by atoms with Crippen LogP contribution in [-0.2, 0) is 31.9 Å². The second kappa shape index (κ2) is 10.8. The Hall–Kier alpha value is -2.61. The summed E-state index contributed by atoms with van der Waals surface area (Å²) in [5, 5.41) is 2.80. The Kier molecular flexibility index (Phi) is 7.93. The maximum atomic E-state index is 13.0. The average molecular weight is 500 g/mol. The van der Waals surface area contributed by atoms with Gasteiger partial charge in [0.05, 0.1) is 19.3 Å². The smallest absolute Gasteiger partial charge is 0.330 e. The predicted octanol–water partition coefficient (Wildman–Crippen LogP) is 3.17. The number of nitrogens with one attached hydrogen (secondary N) is 1. The third-order valence-corrected chi connectivity index (χ3v) is 7.97. The third-order valence-electron chi connectivity index (χ3n) is 7.97. The third kappa shape index (κ3) is 6.38. The largest absolute Gasteiger partial charge is 0.467 e. The standard InChI is InChI=1S/C28H41N3O5/c1-27(2,3)36-18-23(25(33)35-4)29-26(34)31-14-11-28(19-31)9-12-30(13-10-28)24(32)17-20-15-21-7-5-6-8-22(21)16-20/h5-8,20,23H,9-19H2,1-4H3,(H,29,34). The number of carbonyl (C=O) groups excluding carboxylic acids is 3. The minimum Gasteiger partial charge on any atom is -0.467 e. The Morgan fingerprint density at radius 3 is 2.17 bits per heavy atom. The Bertz CT molecular complexity index is 939. The van der Waals surface area contributed by atoms with E-state index in [1.165, 1.54) is 18.2 Å². The second-order valence-electron chi connectivity index (χ2n) is 11.7. The highest BCUT2D eigenvalue weighted by atomic mass is 16.5. The molecule has 1 aliphatic carbocycles. The van der Waals surface area contributed by atoms with Gasteiger partial charge in [-0.25, -0.2) is 9.59 Å². The van der Waals surface area contributed by atoms with E-state index in [9.17, 15) is 14.4 Å². The number of carbonyl (C=O) groups is 3. The summed E-state index contributed by atoms with van der Waals surface area (Å²) in [6.07, 6.45) is 5.33. The van der Waals surface area contributed by atoms with Crippen LogP contribution >= 0.6 is 0 Å². The van der Waals surface area contributed by atoms with Crippen LogP contribution in [-0.4, -0.2) is 79.2 Å². The van der Waals surface area contributed by atoms with E-state index in [1.807, 2.05) is 25.7 Å². The van der Waals surface area contributed by atoms with Crippen LogP contribution in [0.2, 0.25) is 0 Å². The first kappa shape index (κ1) is 26.5. The number of benzene rings is 1. The highest BCUT2D eigenvalue weighted by molar-refractivity contribution is 5.84. The molecule has 2 fully saturated rings. The SMILES string of the molecule is COC(=O)C(COC(C)(C)C)NC(=O)N1CCC2(CCN(C(=O)CC3Cc4ccccc4C3)CC2)C1. The fraction of sp³-hybridized carbons (Fsp3) is 0.679. The van der Waals surface area contributed by atoms with Crippen LogP contribution in [0.3, 0.4) is 0 Å². The van der Waals surface area contributed by atoms with Gasteiger partial charge in [-0.3, -0.25) is 4.79 Å². The molecular formula is C28H41N3O5. The maximum absolute atomic E-state index is 13.0. The highest BCUT2D eigenvalue weighted by Crippen LogP contribution is 2.41. The van der Waals surface area contributed by atoms with E-state index in [-0.39, 0.29) is 24.0 Å². The average Bonchev–Trinajstić information content (AvgIpc) is 3.44. The van der Waals surface area contributed by atoms with E-state index in [2.05, 4.69) is 29.6 Å². The first-order chi connectivity index (χ1) is 17.1. The molecule has 1 spiro atoms. The summed E-state index contributed by atoms with van der Waals surface area (Å²) in [5.74, 6) is 0.148. The number of ether oxygens (including phenoxy) is 2. The molecule has 0 aromatic heterocycles. The molecule has 2 heterocycles. The van der Waals surface area contributed by atoms with Crippen LogP contribution in [0.1, 0.15) is 57.6 Å². The molecule has 1 N–H and O–H groups in total. The summed E-state index contributed by atoms with van der Waals surface area (Å²) in [6, 6.07) is 7.40. The fourth-order valence-corrected chi connectivity index (χ4v) is 5.80. The van der Waals surface area contributed by atoms with Gasteiger partial charge in [0.2, 0.25) is 5.91 Å². The summed E-state index contributed by atoms with van der Waals surface area (Å²) in [4.78, 5) is 42.0. The monoisotopic (exact) mass is 499 g/mol. The molecule has 198 valence electrons. The van der Waals surface area contributed by atoms with Crippen molar-refractivity contribution < 1.29 is 23.9 Å². The Labute approximate surface area is 214 Å². The Balaban J connectivity index is 1.24. The van der Waals surface area contributed by atoms with Gasteiger partial charge < -0.3 is 24.6 Å². The number of nitrogens with zero attached hydrogens (tertiary/aromatic N) is 2. The van der Waals surface area contributed by atoms with Crippen molar-refractivity contribution in [2.45, 2.75) is 70.9 Å². The zero-order valence-corrected chi connectivity index (χ0v) is 22.2. The molecule has 1 aromatic rings. The number of methoxy groups -OCH3 is 1. The van der Waals surface area contributed by atoms with Crippen LogP contribution in [0.25, 0.3) is 0 Å². The molecule has 3 aliphatic rings. The molecular weight excluding hydrogens is 458 g/mol. The number of urea groups is 1. The first-order valence-corrected chi connectivity index (χ1v) is 13.2. The zero-order chi connectivity index (χ0) is 25.9. The maximum Gasteiger partial charge on any atom is 0.330 e. The molecule has 1 aromatic carbocycles. The zero-order valence-electron chi connectivity index (χ0n) is 22.2. The number of fused-ring (bicyclic) bond motifs is 1. The molecule has 1 atom stereocenters. The van der Waals surface area contributed by atoms with Crippen LogP contribution in [0.5, 0.6) is 0 Å². The number of likely N-dealkylation sites (tertiary alicyclic amines) is 2. The van der Waals surface area contributed by atoms with E-state index in [0.29, 0.717) is 25.4 Å². The van der Waals surface area contributed by atoms with E-state index in [1.54, 1.807) is 4.90 Å². The van der Waals surface area contributed by atoms with Crippen LogP contribution < -0.4 is 5.32 Å². The van der Waals surface area contributed by atoms with Crippen molar-refractivity contribution in [2.75, 3.05) is 39.9 Å². The number of hydrogen-bond acceptors (Lipinski definition) is 5. The lowest BCUT2D eigenvalue weighted by molar-refractivity contribution is -0.146. The molecule has 0 radical (unpaired) electrons. The lowest BCUT2D eigenvalue weighted by Crippen LogP contribution is -2.51. The highest BCUT2D eigenvalue weighted by Gasteiger charge is 2.43. The molecule has 0 bridgehead atoms. The van der Waals surface area contributed by atoms with Crippen molar-refractivity contribution >= 4 is 17.9 Å². The van der Waals surface area contributed by atoms with E-state index >= 15 is 0 Å². The Morgan fingerprint density at radius 2 is 1.61 bits per heavy atom. The van der Waals surface area contributed by atoms with E-state index in [4.69, 9.17) is 9.47 Å². The molecule has 36 heavy (non-hydrogen) atoms. The summed E-state index contributed by atoms with van der Waals surface area (Å²) in [5.41, 5.74) is 2.38. The number of rotatable bonds is 6. The second-order valence-corrected chi connectivity index (χ2v) is 11.7. The molecule has 3 amide bonds. The van der Waals surface area contributed by atoms with Gasteiger partial charge in [-0.2, -0.15) is 0 Å². The van der Waals surface area contributed by atoms with E-state index in [0.717, 1.165) is 45.2 Å². The summed E-state index contributed by atoms with van der Waals surface area (Å²) in [6.45, 7) is 8.55. The first-order valence-electron chi connectivity index (χ1n) is 13.2. The molecule has 4 rings (SSSR count). The molecule has 0 saturated carbocycles. The van der Waals surface area contributed by atoms with Crippen LogP contribution in [0.15, 0.2) is 24.3 Å². The van der Waals surface area contributed by atoms with Gasteiger partial charge >= 0.3 is 12.0 Å². The van der Waals surface area contributed by atoms with Crippen molar-refractivity contribution in [3.05, 3.63) is 35.4 Å². The van der Waals surface area contributed by atoms with Gasteiger partial charge in [0.15, 0.2) is 6.04 Å². The van der Waals surface area contributed by atoms with Gasteiger partial charge in [0.1, 0.15) is 0 Å². The lowest BCUT2D eigenvalue weighted by atomic mass is 9.77. The van der Waals surface area contributed by atoms with Crippen LogP contribution in [0, 0.1) is 11.3 Å². The molecule has 2 aliphatic heterocycles. The quantitative estimate of drug-likeness (QED) is 0.608. The predicted molar refractivity (Wildman–Crippen MR) is 136 cm³/mol. The number of amides is 3. The molecule has 1 unspecified atom stereocenters. The molecule has 2 saturated heterocycles. The van der Waals surface area contributed by atoms with Crippen molar-refractivity contribution in [1.29, 1.82) is 0 Å². The van der Waals surface area contributed by atoms with Crippen molar-refractivity contribution in [1.82, 2.24) is 15.1 Å². The van der Waals surface area contributed by atoms with Crippen molar-refractivity contribution in [3.63, 3.8) is 0 Å². The van der Waals surface area contributed by atoms with E-state index < -0.39 is 17.6 Å². The number of piperidine rings is 1. The Morgan fingerprint density at radius 1 is 1.03 bits per heavy atom. The van der Waals surface area contributed by atoms with Gasteiger partial charge in [-0.05, 0) is 75.3 Å². The van der Waals surface area contributed by atoms with Gasteiger partial charge in [-0.1, -0.05) is 24.3 Å². The fourth-order valence-electron chi connectivity index (χ4n) is 5.80. The summed E-state index contributed by atoms with van der Waals surface area (Å²) < 4.78 is 10.6. The molecule has 8 heteroatoms.